The van der Waals surface area contributed by atoms with Gasteiger partial charge in [0, 0.05) is 55.5 Å². The number of amides is 1. The van der Waals surface area contributed by atoms with Gasteiger partial charge in [-0.1, -0.05) is 23.2 Å². The van der Waals surface area contributed by atoms with Crippen LogP contribution in [0, 0.1) is 0 Å². The van der Waals surface area contributed by atoms with E-state index in [1.54, 1.807) is 42.5 Å². The van der Waals surface area contributed by atoms with E-state index in [-0.39, 0.29) is 16.9 Å². The van der Waals surface area contributed by atoms with Crippen LogP contribution in [0.25, 0.3) is 0 Å². The Labute approximate surface area is 229 Å². The number of hydrogen-bond donors (Lipinski definition) is 2. The molecule has 12 heteroatoms. The normalized spacial score (nSPS) is 17.8. The van der Waals surface area contributed by atoms with Crippen molar-refractivity contribution in [3.05, 3.63) is 46.7 Å². The lowest BCUT2D eigenvalue weighted by Gasteiger charge is -2.34. The number of piperazine rings is 1. The van der Waals surface area contributed by atoms with Crippen molar-refractivity contribution in [3.63, 3.8) is 0 Å². The Morgan fingerprint density at radius 1 is 1.05 bits per heavy atom. The average molecular weight is 546 g/mol. The summed E-state index contributed by atoms with van der Waals surface area (Å²) in [4.78, 5) is 30.7. The van der Waals surface area contributed by atoms with Crippen LogP contribution in [0.2, 0.25) is 10.0 Å². The van der Waals surface area contributed by atoms with Crippen LogP contribution in [0.5, 0.6) is 5.75 Å². The molecule has 2 saturated heterocycles. The molecule has 0 aliphatic carbocycles. The number of anilines is 6. The first kappa shape index (κ1) is 21.7. The molecule has 0 radical (unpaired) electrons. The fraction of sp³-hybridized carbons (Fsp3) is 0.360. The maximum Gasteiger partial charge on any atom is 0.229 e. The molecule has 4 heterocycles. The highest BCUT2D eigenvalue weighted by Gasteiger charge is 2.25. The molecule has 2 fully saturated rings. The zero-order valence-electron chi connectivity index (χ0n) is 23.2. The molecule has 3 aromatic rings. The van der Waals surface area contributed by atoms with Crippen molar-refractivity contribution in [2.45, 2.75) is 12.8 Å². The molecular formula is C25H28Cl2N8O2. The van der Waals surface area contributed by atoms with Gasteiger partial charge in [0.2, 0.25) is 11.9 Å². The maximum atomic E-state index is 12.3. The summed E-state index contributed by atoms with van der Waals surface area (Å²) in [7, 11) is 1.55. The summed E-state index contributed by atoms with van der Waals surface area (Å²) in [6.07, 6.45) is 4.36. The number of carbonyl (C=O) groups is 1. The lowest BCUT2D eigenvalue weighted by Crippen LogP contribution is -2.44. The van der Waals surface area contributed by atoms with Gasteiger partial charge < -0.3 is 25.2 Å². The van der Waals surface area contributed by atoms with Crippen molar-refractivity contribution in [2.24, 2.45) is 0 Å². The van der Waals surface area contributed by atoms with Crippen LogP contribution in [0.3, 0.4) is 0 Å². The molecule has 10 nitrogen and oxygen atoms in total. The number of pyridine rings is 1. The van der Waals surface area contributed by atoms with Crippen molar-refractivity contribution in [3.8, 4) is 5.75 Å². The van der Waals surface area contributed by atoms with Gasteiger partial charge in [-0.3, -0.25) is 9.69 Å². The number of methoxy groups -OCH3 is 1. The fourth-order valence-electron chi connectivity index (χ4n) is 4.34. The third kappa shape index (κ3) is 5.51. The topological polar surface area (TPSA) is 98.8 Å². The highest BCUT2D eigenvalue weighted by Crippen LogP contribution is 2.38. The smallest absolute Gasteiger partial charge is 0.229 e. The minimum atomic E-state index is -2.11. The predicted octanol–water partition coefficient (Wildman–Crippen LogP) is 4.55. The van der Waals surface area contributed by atoms with Crippen LogP contribution in [-0.2, 0) is 4.79 Å². The second kappa shape index (κ2) is 11.0. The molecule has 0 unspecified atom stereocenters. The predicted molar refractivity (Wildman–Crippen MR) is 147 cm³/mol. The summed E-state index contributed by atoms with van der Waals surface area (Å²) in [6.45, 7) is 0.312. The van der Waals surface area contributed by atoms with Crippen molar-refractivity contribution >= 4 is 63.8 Å². The summed E-state index contributed by atoms with van der Waals surface area (Å²) >= 11 is 13.1. The van der Waals surface area contributed by atoms with Crippen LogP contribution < -0.4 is 25.2 Å². The Kier molecular flexibility index (Phi) is 6.43. The van der Waals surface area contributed by atoms with Gasteiger partial charge in [0.05, 0.1) is 35.4 Å². The summed E-state index contributed by atoms with van der Waals surface area (Å²) in [5, 5.41) is 7.07. The van der Waals surface area contributed by atoms with E-state index in [1.807, 2.05) is 4.90 Å². The number of carbonyl (C=O) groups excluding carboxylic acids is 1. The molecule has 2 aliphatic rings. The summed E-state index contributed by atoms with van der Waals surface area (Å²) < 4.78 is 28.5. The monoisotopic (exact) mass is 545 g/mol. The number of rotatable bonds is 7. The quantitative estimate of drug-likeness (QED) is 0.442. The van der Waals surface area contributed by atoms with Gasteiger partial charge in [0.25, 0.3) is 0 Å². The second-order valence-corrected chi connectivity index (χ2v) is 9.46. The zero-order chi connectivity index (χ0) is 28.4. The summed E-state index contributed by atoms with van der Waals surface area (Å²) in [6, 6.07) is 7.09. The van der Waals surface area contributed by atoms with Gasteiger partial charge in [0.15, 0.2) is 11.6 Å². The molecule has 194 valence electrons. The van der Waals surface area contributed by atoms with E-state index in [9.17, 15) is 4.79 Å². The van der Waals surface area contributed by atoms with Crippen molar-refractivity contribution in [2.75, 3.05) is 67.2 Å². The zero-order valence-corrected chi connectivity index (χ0v) is 21.7. The first-order chi connectivity index (χ1) is 19.1. The van der Waals surface area contributed by atoms with Gasteiger partial charge in [-0.05, 0) is 31.6 Å². The van der Waals surface area contributed by atoms with Crippen LogP contribution in [0.15, 0.2) is 36.7 Å². The molecular weight excluding hydrogens is 515 g/mol. The number of likely N-dealkylation sites (N-methyl/N-ethyl adjacent to an activating group) is 1. The fourth-order valence-corrected chi connectivity index (χ4v) is 4.77. The molecule has 2 aromatic heterocycles. The lowest BCUT2D eigenvalue weighted by molar-refractivity contribution is -0.117. The number of aromatic nitrogens is 3. The third-order valence-electron chi connectivity index (χ3n) is 6.25. The SMILES string of the molecule is [2H]C([2H])([2H])N1CCN(c2cc(OC)c(Nc3ncc(Cl)c(Nc4cccnc4N4CCCC4=O)n3)cc2Cl)CC1. The van der Waals surface area contributed by atoms with Gasteiger partial charge >= 0.3 is 0 Å². The molecule has 0 atom stereocenters. The summed E-state index contributed by atoms with van der Waals surface area (Å²) in [5.74, 6) is 1.60. The van der Waals surface area contributed by atoms with E-state index in [2.05, 4.69) is 25.6 Å². The number of benzene rings is 1. The summed E-state index contributed by atoms with van der Waals surface area (Å²) in [5.41, 5.74) is 1.87. The molecule has 0 saturated carbocycles. The van der Waals surface area contributed by atoms with Crippen LogP contribution in [0.1, 0.15) is 17.0 Å². The number of nitrogens with zero attached hydrogens (tertiary/aromatic N) is 6. The van der Waals surface area contributed by atoms with E-state index >= 15 is 0 Å². The Morgan fingerprint density at radius 2 is 1.89 bits per heavy atom. The molecule has 2 aliphatic heterocycles. The van der Waals surface area contributed by atoms with Crippen LogP contribution in [0.4, 0.5) is 34.6 Å². The van der Waals surface area contributed by atoms with E-state index in [0.717, 1.165) is 12.1 Å². The molecule has 2 N–H and O–H groups in total. The maximum absolute atomic E-state index is 12.3. The number of nitrogens with one attached hydrogen (secondary N) is 2. The minimum Gasteiger partial charge on any atom is -0.494 e. The van der Waals surface area contributed by atoms with Crippen LogP contribution >= 0.6 is 23.2 Å². The van der Waals surface area contributed by atoms with Gasteiger partial charge in [0.1, 0.15) is 10.8 Å². The highest BCUT2D eigenvalue weighted by molar-refractivity contribution is 6.34. The lowest BCUT2D eigenvalue weighted by atomic mass is 10.2. The Balaban J connectivity index is 1.36. The van der Waals surface area contributed by atoms with Gasteiger partial charge in [-0.25, -0.2) is 9.97 Å². The Hall–Kier alpha value is -3.34. The largest absolute Gasteiger partial charge is 0.494 e. The number of ether oxygens (including phenoxy) is 1. The molecule has 0 spiro atoms. The highest BCUT2D eigenvalue weighted by atomic mass is 35.5. The molecule has 37 heavy (non-hydrogen) atoms. The van der Waals surface area contributed by atoms with E-state index in [0.29, 0.717) is 72.9 Å². The third-order valence-corrected chi connectivity index (χ3v) is 6.83. The standard InChI is InChI=1S/C25H28Cl2N8O2/c1-33-9-11-34(12-10-33)20-14-21(37-2)19(13-16(20)26)31-25-29-15-17(27)23(32-25)30-18-5-3-7-28-24(18)35-8-4-6-22(35)36/h3,5,7,13-15H,4,6,8-12H2,1-2H3,(H2,29,30,31,32)/i1D3. The van der Waals surface area contributed by atoms with E-state index in [4.69, 9.17) is 32.1 Å². The van der Waals surface area contributed by atoms with Crippen molar-refractivity contribution < 1.29 is 13.6 Å². The molecule has 1 aromatic carbocycles. The Bertz CT molecular complexity index is 1400. The van der Waals surface area contributed by atoms with Crippen molar-refractivity contribution in [1.82, 2.24) is 19.9 Å². The van der Waals surface area contributed by atoms with Crippen molar-refractivity contribution in [1.29, 1.82) is 0 Å². The first-order valence-electron chi connectivity index (χ1n) is 13.3. The van der Waals surface area contributed by atoms with Gasteiger partial charge in [-0.2, -0.15) is 4.98 Å². The first-order valence-corrected chi connectivity index (χ1v) is 12.6. The van der Waals surface area contributed by atoms with E-state index in [1.165, 1.54) is 11.1 Å². The molecule has 0 bridgehead atoms. The van der Waals surface area contributed by atoms with E-state index < -0.39 is 6.98 Å². The number of hydrogen-bond acceptors (Lipinski definition) is 9. The minimum absolute atomic E-state index is 0.0180. The second-order valence-electron chi connectivity index (χ2n) is 8.64. The van der Waals surface area contributed by atoms with Gasteiger partial charge in [-0.15, -0.1) is 0 Å². The average Bonchev–Trinajstić information content (AvgIpc) is 3.36. The molecule has 5 rings (SSSR count). The molecule has 1 amide bonds. The van der Waals surface area contributed by atoms with Crippen LogP contribution in [-0.4, -0.2) is 72.6 Å². The number of halogens is 2. The Morgan fingerprint density at radius 3 is 2.62 bits per heavy atom.